The third-order valence-corrected chi connectivity index (χ3v) is 4.94. The Labute approximate surface area is 105 Å². The molecule has 1 aromatic heterocycles. The van der Waals surface area contributed by atoms with Gasteiger partial charge in [0.15, 0.2) is 0 Å². The zero-order valence-electron chi connectivity index (χ0n) is 9.09. The molecule has 0 aliphatic heterocycles. The van der Waals surface area contributed by atoms with Crippen LogP contribution < -0.4 is 2.89 Å². The Bertz CT molecular complexity index is 242. The van der Waals surface area contributed by atoms with Gasteiger partial charge < -0.3 is 0 Å². The minimum atomic E-state index is 1.29. The van der Waals surface area contributed by atoms with Crippen LogP contribution in [0.2, 0.25) is 0 Å². The van der Waals surface area contributed by atoms with E-state index in [9.17, 15) is 0 Å². The van der Waals surface area contributed by atoms with Gasteiger partial charge >= 0.3 is 106 Å². The van der Waals surface area contributed by atoms with E-state index in [0.717, 1.165) is 0 Å². The van der Waals surface area contributed by atoms with Crippen molar-refractivity contribution >= 4 is 36.8 Å². The van der Waals surface area contributed by atoms with Gasteiger partial charge in [0.2, 0.25) is 0 Å². The van der Waals surface area contributed by atoms with Crippen molar-refractivity contribution in [2.75, 3.05) is 0 Å². The van der Waals surface area contributed by atoms with Gasteiger partial charge in [-0.1, -0.05) is 0 Å². The summed E-state index contributed by atoms with van der Waals surface area (Å²) in [6, 6.07) is 2.39. The molecule has 0 aliphatic carbocycles. The van der Waals surface area contributed by atoms with Crippen molar-refractivity contribution in [1.29, 1.82) is 0 Å². The van der Waals surface area contributed by atoms with Gasteiger partial charge in [-0.2, -0.15) is 0 Å². The second-order valence-electron chi connectivity index (χ2n) is 3.88. The van der Waals surface area contributed by atoms with Crippen LogP contribution in [-0.2, 0) is 6.42 Å². The molecule has 0 N–H and O–H groups in total. The fourth-order valence-corrected chi connectivity index (χ4v) is 3.52. The Morgan fingerprint density at radius 3 is 2.50 bits per heavy atom. The average molecular weight is 315 g/mol. The Morgan fingerprint density at radius 1 is 1.14 bits per heavy atom. The van der Waals surface area contributed by atoms with E-state index >= 15 is 0 Å². The summed E-state index contributed by atoms with van der Waals surface area (Å²) in [6.45, 7) is 2.28. The molecule has 2 heteroatoms. The zero-order chi connectivity index (χ0) is 10.2. The Morgan fingerprint density at radius 2 is 1.86 bits per heavy atom. The summed E-state index contributed by atoms with van der Waals surface area (Å²) in [4.78, 5) is 0. The van der Waals surface area contributed by atoms with E-state index in [2.05, 4.69) is 18.4 Å². The van der Waals surface area contributed by atoms with E-state index in [1.54, 1.807) is 8.46 Å². The van der Waals surface area contributed by atoms with Crippen LogP contribution in [0.25, 0.3) is 0 Å². The molecule has 0 atom stereocenters. The van der Waals surface area contributed by atoms with Crippen molar-refractivity contribution < 1.29 is 0 Å². The molecule has 0 spiro atoms. The molecule has 2 radical (unpaired) electrons. The monoisotopic (exact) mass is 316 g/mol. The summed E-state index contributed by atoms with van der Waals surface area (Å²) in [5, 5.41) is 2.34. The second-order valence-corrected chi connectivity index (χ2v) is 7.79. The van der Waals surface area contributed by atoms with Gasteiger partial charge in [-0.05, 0) is 0 Å². The van der Waals surface area contributed by atoms with Gasteiger partial charge in [0.25, 0.3) is 0 Å². The standard InChI is InChI=1S/C12H19S.Sn.H/c1-2-3-4-5-6-7-8-12-9-10-13-11-12;;/h9,11H,2-8H2,1H3;;. The zero-order valence-corrected chi connectivity index (χ0v) is 13.2. The number of aryl methyl sites for hydroxylation is 1. The van der Waals surface area contributed by atoms with Crippen LogP contribution >= 0.6 is 11.3 Å². The van der Waals surface area contributed by atoms with Crippen LogP contribution in [0.5, 0.6) is 0 Å². The normalized spacial score (nSPS) is 10.7. The van der Waals surface area contributed by atoms with Gasteiger partial charge in [-0.3, -0.25) is 0 Å². The predicted octanol–water partition coefficient (Wildman–Crippen LogP) is 3.18. The number of rotatable bonds is 7. The third kappa shape index (κ3) is 5.40. The quantitative estimate of drug-likeness (QED) is 0.535. The Hall–Kier alpha value is 0.499. The van der Waals surface area contributed by atoms with Gasteiger partial charge in [-0.25, -0.2) is 0 Å². The summed E-state index contributed by atoms with van der Waals surface area (Å²) >= 11 is 3.22. The first-order valence-electron chi connectivity index (χ1n) is 5.66. The van der Waals surface area contributed by atoms with Crippen molar-refractivity contribution in [3.05, 3.63) is 17.0 Å². The molecule has 0 saturated carbocycles. The van der Waals surface area contributed by atoms with E-state index in [1.165, 1.54) is 67.5 Å². The Kier molecular flexibility index (Phi) is 6.95. The number of unbranched alkanes of at least 4 members (excludes halogenated alkanes) is 5. The second kappa shape index (κ2) is 7.75. The summed E-state index contributed by atoms with van der Waals surface area (Å²) < 4.78 is 1.58. The molecule has 1 rings (SSSR count). The van der Waals surface area contributed by atoms with E-state index < -0.39 is 0 Å². The first-order valence-corrected chi connectivity index (χ1v) is 8.18. The summed E-state index contributed by atoms with van der Waals surface area (Å²) in [7, 11) is 0. The first-order chi connectivity index (χ1) is 6.83. The summed E-state index contributed by atoms with van der Waals surface area (Å²) in [5.41, 5.74) is 1.58. The topological polar surface area (TPSA) is 0 Å². The SMILES string of the molecule is CCCCCCCCc1cs[c]([SnH])c1. The van der Waals surface area contributed by atoms with E-state index in [0.29, 0.717) is 0 Å². The average Bonchev–Trinajstić information content (AvgIpc) is 2.58. The van der Waals surface area contributed by atoms with Gasteiger partial charge in [-0.15, -0.1) is 0 Å². The molecule has 0 aliphatic rings. The van der Waals surface area contributed by atoms with E-state index in [1.807, 2.05) is 11.3 Å². The van der Waals surface area contributed by atoms with Gasteiger partial charge in [0.05, 0.1) is 0 Å². The molecule has 0 amide bonds. The molecule has 0 bridgehead atoms. The molecular weight excluding hydrogens is 295 g/mol. The molecule has 78 valence electrons. The Balaban J connectivity index is 1.99. The van der Waals surface area contributed by atoms with Crippen LogP contribution in [-0.4, -0.2) is 22.5 Å². The van der Waals surface area contributed by atoms with Crippen molar-refractivity contribution in [1.82, 2.24) is 0 Å². The molecular formula is C12H20SSn. The molecule has 1 heterocycles. The third-order valence-electron chi connectivity index (χ3n) is 2.49. The van der Waals surface area contributed by atoms with Crippen LogP contribution in [0.3, 0.4) is 0 Å². The van der Waals surface area contributed by atoms with Crippen molar-refractivity contribution in [2.45, 2.75) is 51.9 Å². The fourth-order valence-electron chi connectivity index (χ4n) is 1.64. The predicted molar refractivity (Wildman–Crippen MR) is 68.2 cm³/mol. The minimum absolute atomic E-state index is 1.29. The van der Waals surface area contributed by atoms with E-state index in [4.69, 9.17) is 0 Å². The van der Waals surface area contributed by atoms with Gasteiger partial charge in [0.1, 0.15) is 0 Å². The molecule has 1 aromatic rings. The van der Waals surface area contributed by atoms with Crippen molar-refractivity contribution in [2.24, 2.45) is 0 Å². The van der Waals surface area contributed by atoms with Crippen LogP contribution in [0, 0.1) is 0 Å². The van der Waals surface area contributed by atoms with Crippen molar-refractivity contribution in [3.8, 4) is 0 Å². The molecule has 0 unspecified atom stereocenters. The van der Waals surface area contributed by atoms with Crippen LogP contribution in [0.15, 0.2) is 11.4 Å². The molecule has 0 aromatic carbocycles. The van der Waals surface area contributed by atoms with E-state index in [-0.39, 0.29) is 0 Å². The molecule has 0 saturated heterocycles. The molecule has 14 heavy (non-hydrogen) atoms. The van der Waals surface area contributed by atoms with Gasteiger partial charge in [0, 0.05) is 0 Å². The van der Waals surface area contributed by atoms with Crippen molar-refractivity contribution in [3.63, 3.8) is 0 Å². The summed E-state index contributed by atoms with van der Waals surface area (Å²) in [5.74, 6) is 0. The number of hydrogen-bond donors (Lipinski definition) is 0. The maximum absolute atomic E-state index is 2.39. The van der Waals surface area contributed by atoms with Crippen LogP contribution in [0.4, 0.5) is 0 Å². The fraction of sp³-hybridized carbons (Fsp3) is 0.667. The number of thiophene rings is 1. The maximum atomic E-state index is 2.39. The first kappa shape index (κ1) is 12.6. The van der Waals surface area contributed by atoms with Crippen LogP contribution in [0.1, 0.15) is 51.0 Å². The summed E-state index contributed by atoms with van der Waals surface area (Å²) in [6.07, 6.45) is 9.77. The number of hydrogen-bond acceptors (Lipinski definition) is 1. The molecule has 0 nitrogen and oxygen atoms in total. The molecule has 0 fully saturated rings.